The van der Waals surface area contributed by atoms with E-state index in [4.69, 9.17) is 21.1 Å². The lowest BCUT2D eigenvalue weighted by molar-refractivity contribution is -0.120. The van der Waals surface area contributed by atoms with E-state index in [1.807, 2.05) is 24.4 Å². The van der Waals surface area contributed by atoms with Crippen molar-refractivity contribution in [3.05, 3.63) is 75.6 Å². The molecule has 0 spiro atoms. The lowest BCUT2D eigenvalue weighted by Crippen LogP contribution is -2.32. The average Bonchev–Trinajstić information content (AvgIpc) is 3.36. The Labute approximate surface area is 188 Å². The SMILES string of the molecule is CCOc1ccc(NC2=C(c3cccs3)C(=O)N(c3ccc(OC)c(Cl)c3)C2=O)cc1. The molecule has 1 aliphatic heterocycles. The number of ether oxygens (including phenoxy) is 2. The molecule has 0 saturated carbocycles. The van der Waals surface area contributed by atoms with E-state index in [1.54, 1.807) is 42.5 Å². The normalized spacial score (nSPS) is 13.7. The van der Waals surface area contributed by atoms with E-state index in [9.17, 15) is 9.59 Å². The predicted molar refractivity (Wildman–Crippen MR) is 123 cm³/mol. The molecule has 1 aliphatic rings. The summed E-state index contributed by atoms with van der Waals surface area (Å²) in [6.45, 7) is 2.47. The molecule has 0 bridgehead atoms. The summed E-state index contributed by atoms with van der Waals surface area (Å²) in [5.74, 6) is 0.318. The predicted octanol–water partition coefficient (Wildman–Crippen LogP) is 5.21. The summed E-state index contributed by atoms with van der Waals surface area (Å²) in [7, 11) is 1.50. The van der Waals surface area contributed by atoms with Gasteiger partial charge in [-0.1, -0.05) is 17.7 Å². The highest BCUT2D eigenvalue weighted by molar-refractivity contribution is 7.11. The van der Waals surface area contributed by atoms with Crippen LogP contribution in [0.25, 0.3) is 5.57 Å². The van der Waals surface area contributed by atoms with Crippen LogP contribution < -0.4 is 19.7 Å². The Morgan fingerprint density at radius 1 is 1.06 bits per heavy atom. The van der Waals surface area contributed by atoms with Crippen molar-refractivity contribution in [1.29, 1.82) is 0 Å². The van der Waals surface area contributed by atoms with Crippen LogP contribution in [0.2, 0.25) is 5.02 Å². The number of rotatable bonds is 7. The van der Waals surface area contributed by atoms with Crippen LogP contribution in [0.15, 0.2) is 65.7 Å². The number of imide groups is 1. The molecule has 0 atom stereocenters. The Bertz CT molecular complexity index is 1160. The van der Waals surface area contributed by atoms with Crippen LogP contribution in [0.5, 0.6) is 11.5 Å². The van der Waals surface area contributed by atoms with E-state index in [1.165, 1.54) is 18.4 Å². The summed E-state index contributed by atoms with van der Waals surface area (Å²) < 4.78 is 10.6. The first-order chi connectivity index (χ1) is 15.0. The first-order valence-corrected chi connectivity index (χ1v) is 10.8. The average molecular weight is 455 g/mol. The number of hydrogen-bond donors (Lipinski definition) is 1. The highest BCUT2D eigenvalue weighted by atomic mass is 35.5. The Balaban J connectivity index is 1.72. The van der Waals surface area contributed by atoms with E-state index in [2.05, 4.69) is 5.32 Å². The number of nitrogens with one attached hydrogen (secondary N) is 1. The van der Waals surface area contributed by atoms with Crippen LogP contribution in [0.3, 0.4) is 0 Å². The van der Waals surface area contributed by atoms with Gasteiger partial charge in [-0.3, -0.25) is 9.59 Å². The number of methoxy groups -OCH3 is 1. The zero-order chi connectivity index (χ0) is 22.0. The van der Waals surface area contributed by atoms with Crippen LogP contribution in [-0.4, -0.2) is 25.5 Å². The van der Waals surface area contributed by atoms with E-state index in [0.717, 1.165) is 10.6 Å². The highest BCUT2D eigenvalue weighted by Gasteiger charge is 2.40. The molecule has 2 aromatic carbocycles. The van der Waals surface area contributed by atoms with Crippen LogP contribution in [-0.2, 0) is 9.59 Å². The fraction of sp³-hybridized carbons (Fsp3) is 0.130. The third-order valence-electron chi connectivity index (χ3n) is 4.68. The van der Waals surface area contributed by atoms with Gasteiger partial charge in [-0.05, 0) is 60.8 Å². The summed E-state index contributed by atoms with van der Waals surface area (Å²) in [5.41, 5.74) is 1.57. The first-order valence-electron chi connectivity index (χ1n) is 9.53. The Morgan fingerprint density at radius 3 is 2.45 bits per heavy atom. The van der Waals surface area contributed by atoms with E-state index in [-0.39, 0.29) is 5.70 Å². The van der Waals surface area contributed by atoms with Crippen molar-refractivity contribution in [2.75, 3.05) is 23.9 Å². The van der Waals surface area contributed by atoms with Gasteiger partial charge in [0.25, 0.3) is 11.8 Å². The number of anilines is 2. The van der Waals surface area contributed by atoms with Crippen molar-refractivity contribution in [2.24, 2.45) is 0 Å². The number of halogens is 1. The third kappa shape index (κ3) is 4.02. The summed E-state index contributed by atoms with van der Waals surface area (Å²) in [6.07, 6.45) is 0. The van der Waals surface area contributed by atoms with Crippen molar-refractivity contribution < 1.29 is 19.1 Å². The van der Waals surface area contributed by atoms with Crippen LogP contribution >= 0.6 is 22.9 Å². The lowest BCUT2D eigenvalue weighted by Gasteiger charge is -2.16. The molecule has 2 heterocycles. The van der Waals surface area contributed by atoms with Gasteiger partial charge in [0.1, 0.15) is 17.2 Å². The van der Waals surface area contributed by atoms with Crippen molar-refractivity contribution in [2.45, 2.75) is 6.92 Å². The molecule has 1 N–H and O–H groups in total. The van der Waals surface area contributed by atoms with Gasteiger partial charge in [0.05, 0.1) is 30.0 Å². The molecular weight excluding hydrogens is 436 g/mol. The maximum atomic E-state index is 13.4. The van der Waals surface area contributed by atoms with Crippen molar-refractivity contribution in [3.8, 4) is 11.5 Å². The minimum absolute atomic E-state index is 0.212. The van der Waals surface area contributed by atoms with Gasteiger partial charge in [0.15, 0.2) is 0 Å². The topological polar surface area (TPSA) is 67.9 Å². The maximum absolute atomic E-state index is 13.4. The summed E-state index contributed by atoms with van der Waals surface area (Å²) in [5, 5.41) is 5.30. The number of carbonyl (C=O) groups is 2. The smallest absolute Gasteiger partial charge is 0.282 e. The van der Waals surface area contributed by atoms with Crippen molar-refractivity contribution in [1.82, 2.24) is 0 Å². The minimum atomic E-state index is -0.455. The first kappa shape index (κ1) is 21.0. The molecular formula is C23H19ClN2O4S. The fourth-order valence-corrected chi connectivity index (χ4v) is 4.29. The molecule has 6 nitrogen and oxygen atoms in total. The molecule has 2 amide bonds. The second-order valence-electron chi connectivity index (χ2n) is 6.57. The van der Waals surface area contributed by atoms with Crippen molar-refractivity contribution in [3.63, 3.8) is 0 Å². The summed E-state index contributed by atoms with van der Waals surface area (Å²) in [6, 6.07) is 15.7. The van der Waals surface area contributed by atoms with Crippen LogP contribution in [0, 0.1) is 0 Å². The van der Waals surface area contributed by atoms with Gasteiger partial charge in [-0.25, -0.2) is 4.90 Å². The molecule has 0 aliphatic carbocycles. The van der Waals surface area contributed by atoms with Gasteiger partial charge in [0.2, 0.25) is 0 Å². The third-order valence-corrected chi connectivity index (χ3v) is 5.86. The van der Waals surface area contributed by atoms with Gasteiger partial charge in [0, 0.05) is 10.6 Å². The number of hydrogen-bond acceptors (Lipinski definition) is 6. The number of thiophene rings is 1. The van der Waals surface area contributed by atoms with E-state index < -0.39 is 11.8 Å². The molecule has 158 valence electrons. The lowest BCUT2D eigenvalue weighted by atomic mass is 10.2. The quantitative estimate of drug-likeness (QED) is 0.496. The van der Waals surface area contributed by atoms with Gasteiger partial charge in [-0.15, -0.1) is 11.3 Å². The molecule has 31 heavy (non-hydrogen) atoms. The largest absolute Gasteiger partial charge is 0.495 e. The molecule has 0 unspecified atom stereocenters. The minimum Gasteiger partial charge on any atom is -0.495 e. The number of nitrogens with zero attached hydrogens (tertiary/aromatic N) is 1. The van der Waals surface area contributed by atoms with E-state index >= 15 is 0 Å². The summed E-state index contributed by atoms with van der Waals surface area (Å²) >= 11 is 7.62. The second kappa shape index (κ2) is 8.83. The van der Waals surface area contributed by atoms with Gasteiger partial charge >= 0.3 is 0 Å². The number of amides is 2. The second-order valence-corrected chi connectivity index (χ2v) is 7.93. The molecule has 0 saturated heterocycles. The maximum Gasteiger partial charge on any atom is 0.282 e. The summed E-state index contributed by atoms with van der Waals surface area (Å²) in [4.78, 5) is 28.5. The Morgan fingerprint density at radius 2 is 1.84 bits per heavy atom. The number of benzene rings is 2. The standard InChI is InChI=1S/C23H19ClN2O4S/c1-3-30-16-9-6-14(7-10-16)25-21-20(19-5-4-12-31-19)22(27)26(23(21)28)15-8-11-18(29-2)17(24)13-15/h4-13,25H,3H2,1-2H3. The fourth-order valence-electron chi connectivity index (χ4n) is 3.27. The zero-order valence-corrected chi connectivity index (χ0v) is 18.4. The molecule has 1 aromatic heterocycles. The van der Waals surface area contributed by atoms with E-state index in [0.29, 0.717) is 39.2 Å². The highest BCUT2D eigenvalue weighted by Crippen LogP contribution is 2.37. The molecule has 0 radical (unpaired) electrons. The Hall–Kier alpha value is -3.29. The molecule has 4 rings (SSSR count). The van der Waals surface area contributed by atoms with Crippen LogP contribution in [0.4, 0.5) is 11.4 Å². The molecule has 8 heteroatoms. The van der Waals surface area contributed by atoms with Gasteiger partial charge < -0.3 is 14.8 Å². The Kier molecular flexibility index (Phi) is 5.97. The number of carbonyl (C=O) groups excluding carboxylic acids is 2. The van der Waals surface area contributed by atoms with Crippen LogP contribution in [0.1, 0.15) is 11.8 Å². The van der Waals surface area contributed by atoms with Gasteiger partial charge in [-0.2, -0.15) is 0 Å². The molecule has 0 fully saturated rings. The zero-order valence-electron chi connectivity index (χ0n) is 16.8. The molecule has 3 aromatic rings. The van der Waals surface area contributed by atoms with Crippen molar-refractivity contribution >= 4 is 51.7 Å². The monoisotopic (exact) mass is 454 g/mol.